The number of pyridine rings is 1. The number of amides is 1. The lowest BCUT2D eigenvalue weighted by atomic mass is 10.2. The van der Waals surface area contributed by atoms with Crippen LogP contribution < -0.4 is 20.1 Å². The van der Waals surface area contributed by atoms with Crippen molar-refractivity contribution in [1.82, 2.24) is 10.3 Å². The van der Waals surface area contributed by atoms with Gasteiger partial charge in [-0.1, -0.05) is 18.9 Å². The minimum atomic E-state index is -0.0499. The zero-order valence-corrected chi connectivity index (χ0v) is 14.0. The number of benzene rings is 1. The lowest BCUT2D eigenvalue weighted by molar-refractivity contribution is 0.0937. The third-order valence-electron chi connectivity index (χ3n) is 4.62. The minimum Gasteiger partial charge on any atom is -0.454 e. The first-order chi connectivity index (χ1) is 12.3. The number of carbonyl (C=O) groups is 1. The van der Waals surface area contributed by atoms with Crippen LogP contribution >= 0.6 is 0 Å². The molecule has 6 heteroatoms. The molecule has 2 heterocycles. The van der Waals surface area contributed by atoms with Crippen molar-refractivity contribution < 1.29 is 14.3 Å². The van der Waals surface area contributed by atoms with Gasteiger partial charge in [-0.15, -0.1) is 0 Å². The molecule has 0 atom stereocenters. The number of hydrogen-bond donors (Lipinski definition) is 2. The molecule has 0 bridgehead atoms. The van der Waals surface area contributed by atoms with Gasteiger partial charge in [0.1, 0.15) is 0 Å². The van der Waals surface area contributed by atoms with Crippen LogP contribution in [0.3, 0.4) is 0 Å². The molecule has 25 heavy (non-hydrogen) atoms. The van der Waals surface area contributed by atoms with E-state index in [1.807, 2.05) is 24.3 Å². The Hall–Kier alpha value is -2.76. The predicted octanol–water partition coefficient (Wildman–Crippen LogP) is 3.09. The second-order valence-electron chi connectivity index (χ2n) is 6.46. The fourth-order valence-electron chi connectivity index (χ4n) is 3.25. The quantitative estimate of drug-likeness (QED) is 0.876. The Kier molecular flexibility index (Phi) is 4.41. The normalized spacial score (nSPS) is 16.0. The smallest absolute Gasteiger partial charge is 0.253 e. The number of nitrogens with one attached hydrogen (secondary N) is 2. The van der Waals surface area contributed by atoms with Gasteiger partial charge in [-0.05, 0) is 36.6 Å². The number of carbonyl (C=O) groups excluding carboxylic acids is 1. The molecule has 1 aromatic carbocycles. The fraction of sp³-hybridized carbons (Fsp3) is 0.368. The lowest BCUT2D eigenvalue weighted by Gasteiger charge is -2.12. The first-order valence-corrected chi connectivity index (χ1v) is 8.66. The van der Waals surface area contributed by atoms with Gasteiger partial charge in [0.25, 0.3) is 5.91 Å². The van der Waals surface area contributed by atoms with Crippen molar-refractivity contribution in [3.8, 4) is 11.5 Å². The van der Waals surface area contributed by atoms with Crippen LogP contribution in [0, 0.1) is 0 Å². The summed E-state index contributed by atoms with van der Waals surface area (Å²) in [5, 5.41) is 6.39. The molecule has 0 unspecified atom stereocenters. The third kappa shape index (κ3) is 3.68. The van der Waals surface area contributed by atoms with E-state index in [-0.39, 0.29) is 12.7 Å². The second kappa shape index (κ2) is 7.01. The summed E-state index contributed by atoms with van der Waals surface area (Å²) >= 11 is 0. The Bertz CT molecular complexity index is 772. The molecule has 2 N–H and O–H groups in total. The SMILES string of the molecule is O=C(NC1CCCC1)c1cncc(NCc2ccc3c(c2)OCO3)c1. The number of hydrogen-bond acceptors (Lipinski definition) is 5. The molecule has 0 radical (unpaired) electrons. The average Bonchev–Trinajstić information content (AvgIpc) is 3.31. The summed E-state index contributed by atoms with van der Waals surface area (Å²) < 4.78 is 10.7. The number of nitrogens with zero attached hydrogens (tertiary/aromatic N) is 1. The topological polar surface area (TPSA) is 72.5 Å². The Balaban J connectivity index is 1.38. The van der Waals surface area contributed by atoms with E-state index >= 15 is 0 Å². The summed E-state index contributed by atoms with van der Waals surface area (Å²) in [7, 11) is 0. The first kappa shape index (κ1) is 15.7. The van der Waals surface area contributed by atoms with Crippen LogP contribution in [0.5, 0.6) is 11.5 Å². The second-order valence-corrected chi connectivity index (χ2v) is 6.46. The van der Waals surface area contributed by atoms with Crippen molar-refractivity contribution in [3.05, 3.63) is 47.8 Å². The number of anilines is 1. The number of aromatic nitrogens is 1. The lowest BCUT2D eigenvalue weighted by Crippen LogP contribution is -2.32. The van der Waals surface area contributed by atoms with Gasteiger partial charge in [0.15, 0.2) is 11.5 Å². The zero-order chi connectivity index (χ0) is 17.1. The van der Waals surface area contributed by atoms with Crippen molar-refractivity contribution in [2.45, 2.75) is 38.3 Å². The highest BCUT2D eigenvalue weighted by Crippen LogP contribution is 2.32. The first-order valence-electron chi connectivity index (χ1n) is 8.66. The Morgan fingerprint density at radius 3 is 2.84 bits per heavy atom. The van der Waals surface area contributed by atoms with Crippen LogP contribution in [0.1, 0.15) is 41.6 Å². The van der Waals surface area contributed by atoms with E-state index in [1.165, 1.54) is 12.8 Å². The standard InChI is InChI=1S/C19H21N3O3/c23-19(22-15-3-1-2-4-15)14-8-16(11-20-10-14)21-9-13-5-6-17-18(7-13)25-12-24-17/h5-8,10-11,15,21H,1-4,9,12H2,(H,22,23). The van der Waals surface area contributed by atoms with Gasteiger partial charge in [-0.3, -0.25) is 9.78 Å². The van der Waals surface area contributed by atoms with Gasteiger partial charge < -0.3 is 20.1 Å². The van der Waals surface area contributed by atoms with Crippen LogP contribution in [-0.2, 0) is 6.54 Å². The monoisotopic (exact) mass is 339 g/mol. The van der Waals surface area contributed by atoms with Gasteiger partial charge in [0.2, 0.25) is 6.79 Å². The van der Waals surface area contributed by atoms with E-state index in [1.54, 1.807) is 12.4 Å². The maximum atomic E-state index is 12.3. The third-order valence-corrected chi connectivity index (χ3v) is 4.62. The summed E-state index contributed by atoms with van der Waals surface area (Å²) in [6, 6.07) is 8.00. The maximum absolute atomic E-state index is 12.3. The molecule has 130 valence electrons. The van der Waals surface area contributed by atoms with E-state index in [4.69, 9.17) is 9.47 Å². The summed E-state index contributed by atoms with van der Waals surface area (Å²) in [5.74, 6) is 1.49. The highest BCUT2D eigenvalue weighted by Gasteiger charge is 2.18. The number of fused-ring (bicyclic) bond motifs is 1. The molecule has 0 saturated heterocycles. The Morgan fingerprint density at radius 2 is 1.96 bits per heavy atom. The zero-order valence-electron chi connectivity index (χ0n) is 14.0. The molecule has 1 aliphatic heterocycles. The molecule has 1 fully saturated rings. The van der Waals surface area contributed by atoms with Gasteiger partial charge in [0.05, 0.1) is 11.3 Å². The maximum Gasteiger partial charge on any atom is 0.253 e. The summed E-state index contributed by atoms with van der Waals surface area (Å²) in [6.45, 7) is 0.889. The van der Waals surface area contributed by atoms with E-state index in [0.717, 1.165) is 35.6 Å². The summed E-state index contributed by atoms with van der Waals surface area (Å²) in [5.41, 5.74) is 2.48. The summed E-state index contributed by atoms with van der Waals surface area (Å²) in [6.07, 6.45) is 7.86. The van der Waals surface area contributed by atoms with E-state index < -0.39 is 0 Å². The minimum absolute atomic E-state index is 0.0499. The molecule has 4 rings (SSSR count). The van der Waals surface area contributed by atoms with Gasteiger partial charge in [0, 0.05) is 25.0 Å². The molecular formula is C19H21N3O3. The Morgan fingerprint density at radius 1 is 1.12 bits per heavy atom. The van der Waals surface area contributed by atoms with Crippen LogP contribution in [0.15, 0.2) is 36.7 Å². The molecule has 2 aromatic rings. The molecular weight excluding hydrogens is 318 g/mol. The molecule has 1 amide bonds. The molecule has 2 aliphatic rings. The largest absolute Gasteiger partial charge is 0.454 e. The predicted molar refractivity (Wildman–Crippen MR) is 93.9 cm³/mol. The van der Waals surface area contributed by atoms with Gasteiger partial charge in [-0.2, -0.15) is 0 Å². The molecule has 1 saturated carbocycles. The summed E-state index contributed by atoms with van der Waals surface area (Å²) in [4.78, 5) is 16.5. The Labute approximate surface area is 146 Å². The van der Waals surface area contributed by atoms with Crippen molar-refractivity contribution in [1.29, 1.82) is 0 Å². The molecule has 1 aliphatic carbocycles. The van der Waals surface area contributed by atoms with Gasteiger partial charge >= 0.3 is 0 Å². The van der Waals surface area contributed by atoms with E-state index in [2.05, 4.69) is 15.6 Å². The average molecular weight is 339 g/mol. The molecule has 1 aromatic heterocycles. The number of rotatable bonds is 5. The van der Waals surface area contributed by atoms with E-state index in [9.17, 15) is 4.79 Å². The van der Waals surface area contributed by atoms with Crippen LogP contribution in [-0.4, -0.2) is 23.7 Å². The fourth-order valence-corrected chi connectivity index (χ4v) is 3.25. The molecule has 6 nitrogen and oxygen atoms in total. The highest BCUT2D eigenvalue weighted by atomic mass is 16.7. The van der Waals surface area contributed by atoms with Gasteiger partial charge in [-0.25, -0.2) is 0 Å². The highest BCUT2D eigenvalue weighted by molar-refractivity contribution is 5.94. The number of ether oxygens (including phenoxy) is 2. The van der Waals surface area contributed by atoms with Crippen LogP contribution in [0.2, 0.25) is 0 Å². The van der Waals surface area contributed by atoms with E-state index in [0.29, 0.717) is 18.2 Å². The van der Waals surface area contributed by atoms with Crippen LogP contribution in [0.4, 0.5) is 5.69 Å². The van der Waals surface area contributed by atoms with Crippen molar-refractivity contribution in [2.75, 3.05) is 12.1 Å². The van der Waals surface area contributed by atoms with Crippen molar-refractivity contribution >= 4 is 11.6 Å². The van der Waals surface area contributed by atoms with Crippen molar-refractivity contribution in [2.24, 2.45) is 0 Å². The molecule has 0 spiro atoms. The van der Waals surface area contributed by atoms with Crippen LogP contribution in [0.25, 0.3) is 0 Å². The van der Waals surface area contributed by atoms with Crippen molar-refractivity contribution in [3.63, 3.8) is 0 Å².